The maximum absolute atomic E-state index is 11.1. The summed E-state index contributed by atoms with van der Waals surface area (Å²) in [6, 6.07) is 7.48. The Labute approximate surface area is 103 Å². The molecule has 0 aliphatic rings. The quantitative estimate of drug-likeness (QED) is 0.900. The summed E-state index contributed by atoms with van der Waals surface area (Å²) >= 11 is 1.38. The number of ether oxygens (including phenoxy) is 1. The van der Waals surface area contributed by atoms with Crippen LogP contribution in [0.25, 0.3) is 11.1 Å². The third-order valence-corrected chi connectivity index (χ3v) is 3.11. The van der Waals surface area contributed by atoms with Gasteiger partial charge in [0.2, 0.25) is 0 Å². The van der Waals surface area contributed by atoms with Crippen LogP contribution < -0.4 is 4.74 Å². The third-order valence-electron chi connectivity index (χ3n) is 2.37. The molecule has 2 aromatic rings. The van der Waals surface area contributed by atoms with Gasteiger partial charge < -0.3 is 9.84 Å². The van der Waals surface area contributed by atoms with E-state index >= 15 is 0 Å². The molecule has 17 heavy (non-hydrogen) atoms. The number of rotatable bonds is 4. The van der Waals surface area contributed by atoms with Crippen LogP contribution in [0.15, 0.2) is 35.0 Å². The zero-order chi connectivity index (χ0) is 12.3. The molecule has 0 unspecified atom stereocenters. The first kappa shape index (κ1) is 11.7. The highest BCUT2D eigenvalue weighted by Gasteiger charge is 2.15. The van der Waals surface area contributed by atoms with Crippen LogP contribution in [0.1, 0.15) is 17.3 Å². The first-order chi connectivity index (χ1) is 8.24. The van der Waals surface area contributed by atoms with Gasteiger partial charge in [0.15, 0.2) is 0 Å². The Morgan fingerprint density at radius 1 is 1.29 bits per heavy atom. The second-order valence-corrected chi connectivity index (χ2v) is 4.18. The molecule has 0 saturated heterocycles. The number of aromatic carboxylic acids is 1. The van der Waals surface area contributed by atoms with Crippen LogP contribution in [0.5, 0.6) is 5.75 Å². The van der Waals surface area contributed by atoms with Crippen molar-refractivity contribution in [1.82, 2.24) is 0 Å². The molecule has 0 aliphatic carbocycles. The van der Waals surface area contributed by atoms with Crippen molar-refractivity contribution >= 4 is 17.3 Å². The van der Waals surface area contributed by atoms with Crippen molar-refractivity contribution in [3.8, 4) is 16.9 Å². The van der Waals surface area contributed by atoms with Gasteiger partial charge in [0.25, 0.3) is 0 Å². The molecule has 1 N–H and O–H groups in total. The monoisotopic (exact) mass is 248 g/mol. The van der Waals surface area contributed by atoms with Gasteiger partial charge in [-0.3, -0.25) is 0 Å². The Hall–Kier alpha value is -1.81. The number of carboxylic acids is 1. The van der Waals surface area contributed by atoms with E-state index in [0.29, 0.717) is 17.7 Å². The molecule has 0 fully saturated rings. The van der Waals surface area contributed by atoms with E-state index in [1.54, 1.807) is 5.38 Å². The predicted molar refractivity (Wildman–Crippen MR) is 67.9 cm³/mol. The smallest absolute Gasteiger partial charge is 0.337 e. The van der Waals surface area contributed by atoms with Gasteiger partial charge in [0.05, 0.1) is 12.2 Å². The summed E-state index contributed by atoms with van der Waals surface area (Å²) in [6.45, 7) is 2.46. The Morgan fingerprint density at radius 3 is 2.76 bits per heavy atom. The molecular weight excluding hydrogens is 236 g/mol. The van der Waals surface area contributed by atoms with Crippen LogP contribution in [0, 0.1) is 0 Å². The Balaban J connectivity index is 2.52. The first-order valence-electron chi connectivity index (χ1n) is 5.25. The minimum Gasteiger partial charge on any atom is -0.493 e. The van der Waals surface area contributed by atoms with Gasteiger partial charge in [-0.1, -0.05) is 18.2 Å². The summed E-state index contributed by atoms with van der Waals surface area (Å²) in [7, 11) is 0. The molecule has 0 amide bonds. The van der Waals surface area contributed by atoms with Crippen LogP contribution in [-0.2, 0) is 0 Å². The highest BCUT2D eigenvalue weighted by atomic mass is 32.1. The summed E-state index contributed by atoms with van der Waals surface area (Å²) in [5, 5.41) is 12.6. The largest absolute Gasteiger partial charge is 0.493 e. The summed E-state index contributed by atoms with van der Waals surface area (Å²) in [5.41, 5.74) is 1.86. The fourth-order valence-electron chi connectivity index (χ4n) is 1.64. The van der Waals surface area contributed by atoms with Crippen LogP contribution in [0.2, 0.25) is 0 Å². The summed E-state index contributed by atoms with van der Waals surface area (Å²) in [4.78, 5) is 11.1. The Morgan fingerprint density at radius 2 is 2.06 bits per heavy atom. The van der Waals surface area contributed by atoms with Gasteiger partial charge in [-0.2, -0.15) is 11.3 Å². The highest BCUT2D eigenvalue weighted by molar-refractivity contribution is 7.08. The summed E-state index contributed by atoms with van der Waals surface area (Å²) < 4.78 is 5.51. The van der Waals surface area contributed by atoms with Crippen molar-refractivity contribution in [3.05, 3.63) is 40.6 Å². The average Bonchev–Trinajstić information content (AvgIpc) is 2.79. The van der Waals surface area contributed by atoms with Crippen LogP contribution in [0.4, 0.5) is 0 Å². The third kappa shape index (κ3) is 2.31. The van der Waals surface area contributed by atoms with E-state index in [2.05, 4.69) is 0 Å². The molecule has 0 bridgehead atoms. The van der Waals surface area contributed by atoms with Crippen molar-refractivity contribution in [2.75, 3.05) is 6.61 Å². The van der Waals surface area contributed by atoms with Crippen LogP contribution >= 0.6 is 11.3 Å². The van der Waals surface area contributed by atoms with Crippen LogP contribution in [0.3, 0.4) is 0 Å². The molecular formula is C13H12O3S. The second kappa shape index (κ2) is 5.01. The molecule has 0 saturated carbocycles. The number of thiophene rings is 1. The number of hydrogen-bond acceptors (Lipinski definition) is 3. The van der Waals surface area contributed by atoms with Crippen molar-refractivity contribution < 1.29 is 14.6 Å². The Bertz CT molecular complexity index is 531. The lowest BCUT2D eigenvalue weighted by Gasteiger charge is -2.09. The summed E-state index contributed by atoms with van der Waals surface area (Å²) in [6.07, 6.45) is 0. The lowest BCUT2D eigenvalue weighted by atomic mass is 10.0. The number of carbonyl (C=O) groups is 1. The molecule has 0 spiro atoms. The predicted octanol–water partition coefficient (Wildman–Crippen LogP) is 3.51. The average molecular weight is 248 g/mol. The van der Waals surface area contributed by atoms with Gasteiger partial charge in [-0.05, 0) is 18.4 Å². The van der Waals surface area contributed by atoms with Crippen LogP contribution in [-0.4, -0.2) is 17.7 Å². The molecule has 2 rings (SSSR count). The molecule has 1 aromatic heterocycles. The molecule has 4 heteroatoms. The van der Waals surface area contributed by atoms with Gasteiger partial charge in [0, 0.05) is 16.5 Å². The molecule has 88 valence electrons. The van der Waals surface area contributed by atoms with E-state index in [1.165, 1.54) is 11.3 Å². The van der Waals surface area contributed by atoms with E-state index in [9.17, 15) is 4.79 Å². The number of hydrogen-bond donors (Lipinski definition) is 1. The first-order valence-corrected chi connectivity index (χ1v) is 6.20. The molecule has 0 atom stereocenters. The maximum Gasteiger partial charge on any atom is 0.337 e. The fraction of sp³-hybridized carbons (Fsp3) is 0.154. The Kier molecular flexibility index (Phi) is 3.44. The topological polar surface area (TPSA) is 46.5 Å². The fourth-order valence-corrected chi connectivity index (χ4v) is 2.46. The van der Waals surface area contributed by atoms with E-state index in [0.717, 1.165) is 11.3 Å². The van der Waals surface area contributed by atoms with Gasteiger partial charge in [-0.15, -0.1) is 0 Å². The van der Waals surface area contributed by atoms with E-state index in [4.69, 9.17) is 9.84 Å². The lowest BCUT2D eigenvalue weighted by molar-refractivity contribution is 0.0698. The van der Waals surface area contributed by atoms with Crippen molar-refractivity contribution in [2.45, 2.75) is 6.92 Å². The molecule has 3 nitrogen and oxygen atoms in total. The summed E-state index contributed by atoms with van der Waals surface area (Å²) in [5.74, 6) is -0.191. The van der Waals surface area contributed by atoms with Gasteiger partial charge in [0.1, 0.15) is 5.75 Å². The minimum absolute atomic E-state index is 0.321. The van der Waals surface area contributed by atoms with E-state index in [1.807, 2.05) is 36.6 Å². The molecule has 0 aliphatic heterocycles. The SMILES string of the molecule is CCOc1ccccc1-c1cscc1C(=O)O. The zero-order valence-corrected chi connectivity index (χ0v) is 10.2. The number of carboxylic acid groups (broad SMARTS) is 1. The second-order valence-electron chi connectivity index (χ2n) is 3.43. The standard InChI is InChI=1S/C13H12O3S/c1-2-16-12-6-4-3-5-9(12)10-7-17-8-11(10)13(14)15/h3-8H,2H2,1H3,(H,14,15). The normalized spacial score (nSPS) is 10.2. The van der Waals surface area contributed by atoms with E-state index in [-0.39, 0.29) is 0 Å². The highest BCUT2D eigenvalue weighted by Crippen LogP contribution is 2.34. The van der Waals surface area contributed by atoms with E-state index < -0.39 is 5.97 Å². The minimum atomic E-state index is -0.910. The molecule has 1 heterocycles. The van der Waals surface area contributed by atoms with Gasteiger partial charge in [-0.25, -0.2) is 4.79 Å². The number of benzene rings is 1. The van der Waals surface area contributed by atoms with Crippen molar-refractivity contribution in [3.63, 3.8) is 0 Å². The molecule has 1 aromatic carbocycles. The maximum atomic E-state index is 11.1. The van der Waals surface area contributed by atoms with Crippen molar-refractivity contribution in [2.24, 2.45) is 0 Å². The van der Waals surface area contributed by atoms with Crippen molar-refractivity contribution in [1.29, 1.82) is 0 Å². The lowest BCUT2D eigenvalue weighted by Crippen LogP contribution is -1.98. The zero-order valence-electron chi connectivity index (χ0n) is 9.34. The van der Waals surface area contributed by atoms with Gasteiger partial charge >= 0.3 is 5.97 Å². The number of para-hydroxylation sites is 1. The molecule has 0 radical (unpaired) electrons.